The minimum Gasteiger partial charge on any atom is -0.408 e. The summed E-state index contributed by atoms with van der Waals surface area (Å²) in [4.78, 5) is 0. The fourth-order valence-electron chi connectivity index (χ4n) is 5.68. The van der Waals surface area contributed by atoms with Crippen molar-refractivity contribution in [2.24, 2.45) is 0 Å². The van der Waals surface area contributed by atoms with E-state index < -0.39 is 8.60 Å². The number of rotatable bonds is 12. The summed E-state index contributed by atoms with van der Waals surface area (Å²) in [5.41, 5.74) is 7.12. The van der Waals surface area contributed by atoms with E-state index in [4.69, 9.17) is 13.6 Å². The Morgan fingerprint density at radius 1 is 0.388 bits per heavy atom. The topological polar surface area (TPSA) is 27.7 Å². The van der Waals surface area contributed by atoms with Crippen molar-refractivity contribution in [1.82, 2.24) is 0 Å². The van der Waals surface area contributed by atoms with Gasteiger partial charge in [-0.2, -0.15) is 0 Å². The van der Waals surface area contributed by atoms with Crippen LogP contribution >= 0.6 is 8.60 Å². The zero-order chi connectivity index (χ0) is 37.4. The van der Waals surface area contributed by atoms with E-state index in [0.717, 1.165) is 36.5 Å². The smallest absolute Gasteiger partial charge is 0.408 e. The summed E-state index contributed by atoms with van der Waals surface area (Å²) in [6.45, 7) is 40.9. The van der Waals surface area contributed by atoms with Crippen LogP contribution in [-0.2, 0) is 32.5 Å². The minimum atomic E-state index is -1.91. The summed E-state index contributed by atoms with van der Waals surface area (Å²) in [6.07, 6.45) is 2.93. The largest absolute Gasteiger partial charge is 0.530 e. The molecule has 0 saturated carbocycles. The second-order valence-corrected chi connectivity index (χ2v) is 20.1. The van der Waals surface area contributed by atoms with Crippen LogP contribution in [0, 0.1) is 0 Å². The molecule has 272 valence electrons. The Kier molecular flexibility index (Phi) is 12.2. The van der Waals surface area contributed by atoms with E-state index in [0.29, 0.717) is 0 Å². The predicted octanol–water partition coefficient (Wildman–Crippen LogP) is 14.4. The zero-order valence-corrected chi connectivity index (χ0v) is 35.4. The van der Waals surface area contributed by atoms with Gasteiger partial charge in [0.1, 0.15) is 17.2 Å². The first kappa shape index (κ1) is 40.9. The summed E-state index contributed by atoms with van der Waals surface area (Å²) in [5.74, 6) is 2.45. The van der Waals surface area contributed by atoms with Gasteiger partial charge < -0.3 is 13.6 Å². The molecule has 0 fully saturated rings. The number of hydrogen-bond acceptors (Lipinski definition) is 3. The molecule has 0 radical (unpaired) electrons. The Balaban J connectivity index is 2.30. The summed E-state index contributed by atoms with van der Waals surface area (Å²) in [5, 5.41) is 0. The van der Waals surface area contributed by atoms with Crippen LogP contribution in [0.25, 0.3) is 0 Å². The van der Waals surface area contributed by atoms with Gasteiger partial charge in [0.2, 0.25) is 0 Å². The van der Waals surface area contributed by atoms with Crippen LogP contribution in [0.3, 0.4) is 0 Å². The van der Waals surface area contributed by atoms with Gasteiger partial charge in [0.15, 0.2) is 0 Å². The van der Waals surface area contributed by atoms with Crippen LogP contribution in [0.4, 0.5) is 0 Å². The Labute approximate surface area is 302 Å². The minimum absolute atomic E-state index is 0.0136. The van der Waals surface area contributed by atoms with Crippen molar-refractivity contribution in [3.8, 4) is 17.2 Å². The van der Waals surface area contributed by atoms with Crippen molar-refractivity contribution in [2.45, 2.75) is 176 Å². The van der Waals surface area contributed by atoms with Crippen molar-refractivity contribution < 1.29 is 13.6 Å². The molecule has 0 aliphatic heterocycles. The van der Waals surface area contributed by atoms with Crippen LogP contribution < -0.4 is 13.6 Å². The standard InChI is InChI=1S/C45H69O3P/c1-19-43(13,14)34-28-31(40(4,5)6)22-25-37(34)46-49(47-38-26-23-32(41(7,8)9)29-35(38)44(15,16)20-2)48-39-27-24-33(42(10,11)12)30-36(39)45(17,18)21-3/h22-30H,19-21H2,1-18H3. The Hall–Kier alpha value is -2.51. The van der Waals surface area contributed by atoms with E-state index in [9.17, 15) is 0 Å². The molecule has 3 aromatic rings. The Bertz CT molecular complexity index is 1390. The molecule has 0 aliphatic rings. The molecule has 0 unspecified atom stereocenters. The molecule has 3 rings (SSSR count). The molecule has 0 aliphatic carbocycles. The molecular weight excluding hydrogens is 619 g/mol. The molecule has 0 saturated heterocycles. The third-order valence-electron chi connectivity index (χ3n) is 10.9. The fourth-order valence-corrected chi connectivity index (χ4v) is 6.75. The average molecular weight is 689 g/mol. The summed E-state index contributed by atoms with van der Waals surface area (Å²) in [6, 6.07) is 20.0. The lowest BCUT2D eigenvalue weighted by Crippen LogP contribution is -2.22. The van der Waals surface area contributed by atoms with Crippen LogP contribution in [-0.4, -0.2) is 0 Å². The Morgan fingerprint density at radius 2 is 0.612 bits per heavy atom. The van der Waals surface area contributed by atoms with Crippen molar-refractivity contribution in [1.29, 1.82) is 0 Å². The van der Waals surface area contributed by atoms with Gasteiger partial charge in [-0.05, 0) is 86.6 Å². The van der Waals surface area contributed by atoms with Crippen LogP contribution in [0.2, 0.25) is 0 Å². The molecule has 0 amide bonds. The second kappa shape index (κ2) is 14.6. The predicted molar refractivity (Wildman–Crippen MR) is 214 cm³/mol. The van der Waals surface area contributed by atoms with Gasteiger partial charge in [-0.3, -0.25) is 0 Å². The molecule has 0 heterocycles. The van der Waals surface area contributed by atoms with Gasteiger partial charge in [-0.25, -0.2) is 0 Å². The maximum Gasteiger partial charge on any atom is 0.530 e. The van der Waals surface area contributed by atoms with Gasteiger partial charge >= 0.3 is 8.60 Å². The van der Waals surface area contributed by atoms with E-state index in [1.807, 2.05) is 0 Å². The van der Waals surface area contributed by atoms with Gasteiger partial charge in [-0.1, -0.05) is 161 Å². The summed E-state index contributed by atoms with van der Waals surface area (Å²) >= 11 is 0. The lowest BCUT2D eigenvalue weighted by atomic mass is 9.78. The number of benzene rings is 3. The molecule has 0 atom stereocenters. The van der Waals surface area contributed by atoms with Crippen molar-refractivity contribution in [3.05, 3.63) is 88.0 Å². The number of hydrogen-bond donors (Lipinski definition) is 0. The first-order valence-electron chi connectivity index (χ1n) is 18.6. The molecule has 4 heteroatoms. The lowest BCUT2D eigenvalue weighted by Gasteiger charge is -2.33. The summed E-state index contributed by atoms with van der Waals surface area (Å²) in [7, 11) is -1.91. The van der Waals surface area contributed by atoms with Crippen LogP contribution in [0.5, 0.6) is 17.2 Å². The van der Waals surface area contributed by atoms with E-state index in [1.165, 1.54) is 33.4 Å². The van der Waals surface area contributed by atoms with E-state index in [1.54, 1.807) is 0 Å². The maximum absolute atomic E-state index is 7.03. The maximum atomic E-state index is 7.03. The van der Waals surface area contributed by atoms with Crippen LogP contribution in [0.15, 0.2) is 54.6 Å². The third kappa shape index (κ3) is 9.84. The van der Waals surface area contributed by atoms with Crippen molar-refractivity contribution >= 4 is 8.60 Å². The van der Waals surface area contributed by atoms with E-state index >= 15 is 0 Å². The second-order valence-electron chi connectivity index (χ2n) is 19.1. The molecular formula is C45H69O3P. The Morgan fingerprint density at radius 3 is 0.796 bits per heavy atom. The molecule has 0 aromatic heterocycles. The van der Waals surface area contributed by atoms with Crippen molar-refractivity contribution in [2.75, 3.05) is 0 Å². The highest BCUT2D eigenvalue weighted by Crippen LogP contribution is 2.51. The normalized spacial score (nSPS) is 13.5. The van der Waals surface area contributed by atoms with E-state index in [2.05, 4.69) is 179 Å². The van der Waals surface area contributed by atoms with Crippen molar-refractivity contribution in [3.63, 3.8) is 0 Å². The molecule has 0 bridgehead atoms. The van der Waals surface area contributed by atoms with E-state index in [-0.39, 0.29) is 32.5 Å². The fraction of sp³-hybridized carbons (Fsp3) is 0.600. The highest BCUT2D eigenvalue weighted by Gasteiger charge is 2.34. The molecule has 3 nitrogen and oxygen atoms in total. The molecule has 3 aromatic carbocycles. The van der Waals surface area contributed by atoms with Gasteiger partial charge in [0, 0.05) is 16.7 Å². The van der Waals surface area contributed by atoms with Gasteiger partial charge in [0.25, 0.3) is 0 Å². The molecule has 0 spiro atoms. The highest BCUT2D eigenvalue weighted by atomic mass is 31.2. The molecule has 0 N–H and O–H groups in total. The lowest BCUT2D eigenvalue weighted by molar-refractivity contribution is 0.365. The highest BCUT2D eigenvalue weighted by molar-refractivity contribution is 7.43. The monoisotopic (exact) mass is 688 g/mol. The average Bonchev–Trinajstić information content (AvgIpc) is 2.99. The first-order valence-corrected chi connectivity index (χ1v) is 19.7. The molecule has 49 heavy (non-hydrogen) atoms. The first-order chi connectivity index (χ1) is 22.3. The van der Waals surface area contributed by atoms with Crippen LogP contribution in [0.1, 0.15) is 177 Å². The zero-order valence-electron chi connectivity index (χ0n) is 34.5. The van der Waals surface area contributed by atoms with Gasteiger partial charge in [0.05, 0.1) is 0 Å². The summed E-state index contributed by atoms with van der Waals surface area (Å²) < 4.78 is 21.1. The third-order valence-corrected chi connectivity index (χ3v) is 11.9. The SMILES string of the molecule is CCC(C)(C)c1cc(C(C)(C)C)ccc1OP(Oc1ccc(C(C)(C)C)cc1C(C)(C)CC)Oc1ccc(C(C)(C)C)cc1C(C)(C)CC. The quantitative estimate of drug-likeness (QED) is 0.177. The van der Waals surface area contributed by atoms with Gasteiger partial charge in [-0.15, -0.1) is 0 Å².